The summed E-state index contributed by atoms with van der Waals surface area (Å²) in [6.45, 7) is 0.272. The number of esters is 1. The largest absolute Gasteiger partial charge is 0.493 e. The van der Waals surface area contributed by atoms with E-state index in [2.05, 4.69) is 4.98 Å². The highest BCUT2D eigenvalue weighted by Gasteiger charge is 2.53. The summed E-state index contributed by atoms with van der Waals surface area (Å²) in [6.07, 6.45) is 1.56. The van der Waals surface area contributed by atoms with Crippen molar-refractivity contribution in [2.45, 2.75) is 16.2 Å². The van der Waals surface area contributed by atoms with Crippen molar-refractivity contribution < 1.29 is 43.1 Å². The number of carbonyl (C=O) groups excluding carboxylic acids is 1. The van der Waals surface area contributed by atoms with E-state index in [-0.39, 0.29) is 36.1 Å². The predicted molar refractivity (Wildman–Crippen MR) is 138 cm³/mol. The second kappa shape index (κ2) is 9.88. The number of carboxylic acid groups (broad SMARTS) is 1. The Morgan fingerprint density at radius 3 is 2.33 bits per heavy atom. The molecule has 3 heterocycles. The van der Waals surface area contributed by atoms with Crippen molar-refractivity contribution in [3.05, 3.63) is 64.8 Å². The van der Waals surface area contributed by atoms with Crippen molar-refractivity contribution in [2.24, 2.45) is 11.8 Å². The molecule has 1 fully saturated rings. The summed E-state index contributed by atoms with van der Waals surface area (Å²) in [5.74, 6) is -0.122. The van der Waals surface area contributed by atoms with Crippen LogP contribution in [0.4, 0.5) is 0 Å². The van der Waals surface area contributed by atoms with Gasteiger partial charge in [0.15, 0.2) is 23.0 Å². The van der Waals surface area contributed by atoms with Crippen molar-refractivity contribution in [1.29, 1.82) is 0 Å². The van der Waals surface area contributed by atoms with Gasteiger partial charge in [0, 0.05) is 23.3 Å². The smallest absolute Gasteiger partial charge is 0.338 e. The van der Waals surface area contributed by atoms with Crippen molar-refractivity contribution in [2.75, 3.05) is 34.7 Å². The van der Waals surface area contributed by atoms with E-state index < -0.39 is 17.8 Å². The van der Waals surface area contributed by atoms with Gasteiger partial charge in [-0.05, 0) is 53.1 Å². The number of aromatic nitrogens is 1. The molecule has 11 heteroatoms. The van der Waals surface area contributed by atoms with Gasteiger partial charge in [0.25, 0.3) is 0 Å². The second-order valence-electron chi connectivity index (χ2n) is 9.29. The third-order valence-electron chi connectivity index (χ3n) is 7.41. The number of hydrogen-bond donors (Lipinski definition) is 1. The molecule has 2 aromatic carbocycles. The maximum atomic E-state index is 13.4. The molecule has 4 atom stereocenters. The number of carbonyl (C=O) groups is 2. The molecule has 1 aromatic heterocycles. The topological polar surface area (TPSA) is 123 Å². The van der Waals surface area contributed by atoms with E-state index >= 15 is 0 Å². The van der Waals surface area contributed by atoms with Gasteiger partial charge in [-0.25, -0.2) is 9.78 Å². The van der Waals surface area contributed by atoms with Crippen LogP contribution in [-0.4, -0.2) is 56.8 Å². The molecule has 0 bridgehead atoms. The molecule has 202 valence electrons. The van der Waals surface area contributed by atoms with Crippen LogP contribution in [0.1, 0.15) is 38.2 Å². The molecule has 0 radical (unpaired) electrons. The number of methoxy groups -OCH3 is 3. The molecule has 6 rings (SSSR count). The highest BCUT2D eigenvalue weighted by molar-refractivity contribution is 7.99. The summed E-state index contributed by atoms with van der Waals surface area (Å²) >= 11 is 1.31. The minimum Gasteiger partial charge on any atom is -0.493 e. The molecule has 3 aromatic rings. The van der Waals surface area contributed by atoms with Gasteiger partial charge in [0.2, 0.25) is 12.5 Å². The minimum absolute atomic E-state index is 0.0865. The minimum atomic E-state index is -1.07. The zero-order valence-corrected chi connectivity index (χ0v) is 22.2. The van der Waals surface area contributed by atoms with Crippen LogP contribution >= 0.6 is 11.8 Å². The quantitative estimate of drug-likeness (QED) is 0.423. The molecule has 0 amide bonds. The summed E-state index contributed by atoms with van der Waals surface area (Å²) in [5, 5.41) is 9.80. The van der Waals surface area contributed by atoms with Crippen LogP contribution in [-0.2, 0) is 9.53 Å². The molecule has 3 aliphatic rings. The van der Waals surface area contributed by atoms with E-state index in [1.54, 1.807) is 26.5 Å². The standard InChI is InChI=1S/C28H25NO9S/c1-33-20-7-13(8-21(34-2)24(20)35-3)22-15-9-18-19(38-12-37-18)10-16(15)25(17-11-36-28(32)23(17)22)39-26-14(27(30)31)5-4-6-29-26/h4-10,17,22-23,25H,11-12H2,1-3H3,(H,30,31)/t17-,22+,23-,25+/m0/s1. The molecule has 0 spiro atoms. The Hall–Kier alpha value is -4.12. The molecule has 2 aliphatic heterocycles. The van der Waals surface area contributed by atoms with Crippen LogP contribution in [0.3, 0.4) is 0 Å². The number of cyclic esters (lactones) is 1. The number of nitrogens with zero attached hydrogens (tertiary/aromatic N) is 1. The number of ether oxygens (including phenoxy) is 6. The molecule has 0 unspecified atom stereocenters. The number of fused-ring (bicyclic) bond motifs is 3. The normalized spacial score (nSPS) is 22.5. The van der Waals surface area contributed by atoms with Crippen LogP contribution < -0.4 is 23.7 Å². The summed E-state index contributed by atoms with van der Waals surface area (Å²) in [6, 6.07) is 10.6. The first-order valence-electron chi connectivity index (χ1n) is 12.2. The highest BCUT2D eigenvalue weighted by Crippen LogP contribution is 2.60. The predicted octanol–water partition coefficient (Wildman–Crippen LogP) is 4.30. The fourth-order valence-corrected chi connectivity index (χ4v) is 7.11. The Balaban J connectivity index is 1.56. The Kier molecular flexibility index (Phi) is 6.38. The first-order chi connectivity index (χ1) is 18.9. The summed E-state index contributed by atoms with van der Waals surface area (Å²) < 4.78 is 33.8. The maximum absolute atomic E-state index is 13.4. The Morgan fingerprint density at radius 2 is 1.69 bits per heavy atom. The van der Waals surface area contributed by atoms with Crippen LogP contribution in [0, 0.1) is 11.8 Å². The Bertz CT molecular complexity index is 1450. The lowest BCUT2D eigenvalue weighted by molar-refractivity contribution is -0.141. The van der Waals surface area contributed by atoms with Crippen molar-refractivity contribution >= 4 is 23.7 Å². The number of hydrogen-bond acceptors (Lipinski definition) is 10. The molecular weight excluding hydrogens is 526 g/mol. The summed E-state index contributed by atoms with van der Waals surface area (Å²) in [4.78, 5) is 29.7. The molecular formula is C28H25NO9S. The Morgan fingerprint density at radius 1 is 1.00 bits per heavy atom. The van der Waals surface area contributed by atoms with E-state index in [9.17, 15) is 14.7 Å². The molecule has 10 nitrogen and oxygen atoms in total. The van der Waals surface area contributed by atoms with Gasteiger partial charge in [0.05, 0.1) is 39.4 Å². The van der Waals surface area contributed by atoms with E-state index in [1.165, 1.54) is 24.9 Å². The lowest BCUT2D eigenvalue weighted by Gasteiger charge is -2.39. The first kappa shape index (κ1) is 25.2. The monoisotopic (exact) mass is 551 g/mol. The van der Waals surface area contributed by atoms with Gasteiger partial charge >= 0.3 is 11.9 Å². The fraction of sp³-hybridized carbons (Fsp3) is 0.321. The number of aromatic carboxylic acids is 1. The van der Waals surface area contributed by atoms with Crippen molar-refractivity contribution in [1.82, 2.24) is 4.98 Å². The average molecular weight is 552 g/mol. The van der Waals surface area contributed by atoms with Crippen LogP contribution in [0.15, 0.2) is 47.6 Å². The zero-order chi connectivity index (χ0) is 27.3. The SMILES string of the molecule is COc1cc([C@@H]2c3cc4c(cc3[C@@H](Sc3ncccc3C(=O)O)[C@H]3COC(=O)[C@H]23)OCO4)cc(OC)c1OC. The maximum Gasteiger partial charge on any atom is 0.338 e. The third-order valence-corrected chi connectivity index (χ3v) is 8.81. The molecule has 0 saturated carbocycles. The van der Waals surface area contributed by atoms with Gasteiger partial charge < -0.3 is 33.5 Å². The second-order valence-corrected chi connectivity index (χ2v) is 10.4. The van der Waals surface area contributed by atoms with E-state index in [0.717, 1.165) is 16.7 Å². The summed E-state index contributed by atoms with van der Waals surface area (Å²) in [5.41, 5.74) is 2.62. The lowest BCUT2D eigenvalue weighted by atomic mass is 9.67. The number of thioether (sulfide) groups is 1. The van der Waals surface area contributed by atoms with E-state index in [4.69, 9.17) is 28.4 Å². The molecule has 39 heavy (non-hydrogen) atoms. The number of benzene rings is 2. The van der Waals surface area contributed by atoms with Crippen molar-refractivity contribution in [3.63, 3.8) is 0 Å². The van der Waals surface area contributed by atoms with Gasteiger partial charge in [-0.2, -0.15) is 0 Å². The average Bonchev–Trinajstić information content (AvgIpc) is 3.57. The molecule has 1 saturated heterocycles. The number of rotatable bonds is 7. The number of pyridine rings is 1. The van der Waals surface area contributed by atoms with Gasteiger partial charge in [-0.1, -0.05) is 11.8 Å². The van der Waals surface area contributed by atoms with E-state index in [0.29, 0.717) is 33.8 Å². The van der Waals surface area contributed by atoms with Gasteiger partial charge in [-0.3, -0.25) is 4.79 Å². The molecule has 1 N–H and O–H groups in total. The lowest BCUT2D eigenvalue weighted by Crippen LogP contribution is -2.33. The molecule has 1 aliphatic carbocycles. The van der Waals surface area contributed by atoms with Gasteiger partial charge in [-0.15, -0.1) is 0 Å². The van der Waals surface area contributed by atoms with Crippen LogP contribution in [0.5, 0.6) is 28.7 Å². The number of carboxylic acids is 1. The zero-order valence-electron chi connectivity index (χ0n) is 21.3. The van der Waals surface area contributed by atoms with Crippen LogP contribution in [0.2, 0.25) is 0 Å². The van der Waals surface area contributed by atoms with Crippen LogP contribution in [0.25, 0.3) is 0 Å². The Labute approximate surface area is 228 Å². The first-order valence-corrected chi connectivity index (χ1v) is 13.1. The van der Waals surface area contributed by atoms with Crippen molar-refractivity contribution in [3.8, 4) is 28.7 Å². The fourth-order valence-electron chi connectivity index (χ4n) is 5.71. The van der Waals surface area contributed by atoms with Gasteiger partial charge in [0.1, 0.15) is 5.03 Å². The van der Waals surface area contributed by atoms with E-state index in [1.807, 2.05) is 24.3 Å². The summed E-state index contributed by atoms with van der Waals surface area (Å²) in [7, 11) is 4.62. The third kappa shape index (κ3) is 4.08. The highest BCUT2D eigenvalue weighted by atomic mass is 32.2.